The van der Waals surface area contributed by atoms with Crippen molar-refractivity contribution in [3.05, 3.63) is 87.4 Å². The molecule has 0 saturated heterocycles. The van der Waals surface area contributed by atoms with Crippen LogP contribution in [0.15, 0.2) is 76.8 Å². The molecule has 0 fully saturated rings. The van der Waals surface area contributed by atoms with E-state index in [1.54, 1.807) is 42.5 Å². The second-order valence-corrected chi connectivity index (χ2v) is 12.2. The molecule has 0 N–H and O–H groups in total. The lowest BCUT2D eigenvalue weighted by Gasteiger charge is -2.18. The minimum atomic E-state index is -4.55. The topological polar surface area (TPSA) is 55.2 Å². The Kier molecular flexibility index (Phi) is 7.90. The van der Waals surface area contributed by atoms with E-state index in [0.717, 1.165) is 32.2 Å². The lowest BCUT2D eigenvalue weighted by molar-refractivity contribution is -0.137. The second-order valence-electron chi connectivity index (χ2n) is 7.91. The van der Waals surface area contributed by atoms with Gasteiger partial charge in [-0.2, -0.15) is 29.9 Å². The van der Waals surface area contributed by atoms with Crippen LogP contribution in [0.25, 0.3) is 22.5 Å². The molecule has 0 unspecified atom stereocenters. The van der Waals surface area contributed by atoms with Gasteiger partial charge in [0.15, 0.2) is 5.16 Å². The molecule has 0 spiro atoms. The maximum absolute atomic E-state index is 13.6. The van der Waals surface area contributed by atoms with Gasteiger partial charge in [-0.05, 0) is 42.5 Å². The summed E-state index contributed by atoms with van der Waals surface area (Å²) in [4.78, 5) is 5.18. The highest BCUT2D eigenvalue weighted by Gasteiger charge is 2.33. The van der Waals surface area contributed by atoms with Crippen molar-refractivity contribution in [2.24, 2.45) is 0 Å². The molecule has 0 saturated carbocycles. The smallest absolute Gasteiger partial charge is 0.221 e. The monoisotopic (exact) mass is 605 g/mol. The molecule has 0 radical (unpaired) electrons. The van der Waals surface area contributed by atoms with Crippen molar-refractivity contribution in [2.45, 2.75) is 16.2 Å². The Hall–Kier alpha value is -2.21. The average molecular weight is 607 g/mol. The number of nitrogens with zero attached hydrogens (tertiary/aromatic N) is 3. The van der Waals surface area contributed by atoms with Gasteiger partial charge in [-0.15, -0.1) is 0 Å². The van der Waals surface area contributed by atoms with Crippen molar-refractivity contribution in [3.8, 4) is 22.5 Å². The number of benzene rings is 3. The fraction of sp³-hybridized carbons (Fsp3) is 0.125. The first-order valence-corrected chi connectivity index (χ1v) is 13.8. The second kappa shape index (κ2) is 10.5. The van der Waals surface area contributed by atoms with Crippen LogP contribution in [0.3, 0.4) is 0 Å². The molecular weight excluding hydrogens is 590 g/mol. The number of imidazole rings is 1. The highest BCUT2D eigenvalue weighted by Crippen LogP contribution is 2.41. The third-order valence-electron chi connectivity index (χ3n) is 5.20. The highest BCUT2D eigenvalue weighted by atomic mass is 35.5. The van der Waals surface area contributed by atoms with Crippen molar-refractivity contribution >= 4 is 56.8 Å². The Balaban J connectivity index is 2.02. The van der Waals surface area contributed by atoms with E-state index < -0.39 is 21.9 Å². The molecule has 13 heteroatoms. The van der Waals surface area contributed by atoms with Gasteiger partial charge in [-0.3, -0.25) is 0 Å². The van der Waals surface area contributed by atoms with E-state index in [2.05, 4.69) is 4.98 Å². The molecule has 1 heterocycles. The van der Waals surface area contributed by atoms with Crippen molar-refractivity contribution in [1.82, 2.24) is 13.3 Å². The zero-order valence-corrected chi connectivity index (χ0v) is 23.0. The molecule has 4 rings (SSSR count). The van der Waals surface area contributed by atoms with Gasteiger partial charge in [0.2, 0.25) is 0 Å². The summed E-state index contributed by atoms with van der Waals surface area (Å²) in [5, 5.41) is 1.08. The van der Waals surface area contributed by atoms with Gasteiger partial charge in [0.25, 0.3) is 0 Å². The molecule has 1 aromatic heterocycles. The fourth-order valence-corrected chi connectivity index (χ4v) is 6.06. The van der Waals surface area contributed by atoms with Crippen LogP contribution in [0.5, 0.6) is 0 Å². The highest BCUT2D eigenvalue weighted by molar-refractivity contribution is 7.99. The Morgan fingerprint density at radius 1 is 0.865 bits per heavy atom. The van der Waals surface area contributed by atoms with Crippen LogP contribution in [0.1, 0.15) is 5.56 Å². The van der Waals surface area contributed by atoms with E-state index in [4.69, 9.17) is 34.8 Å². The van der Waals surface area contributed by atoms with Crippen LogP contribution in [0.4, 0.5) is 13.2 Å². The summed E-state index contributed by atoms with van der Waals surface area (Å²) in [6.07, 6.45) is -4.55. The van der Waals surface area contributed by atoms with Crippen LogP contribution in [-0.2, 0) is 16.4 Å². The lowest BCUT2D eigenvalue weighted by atomic mass is 10.0. The third-order valence-corrected chi connectivity index (χ3v) is 9.00. The maximum atomic E-state index is 13.6. The number of aromatic nitrogens is 2. The Labute approximate surface area is 231 Å². The standard InChI is InChI=1S/C24H17Cl3F3N3O2S2/c1-32(2)37(34,35)33-22(15-3-7-16(8-4-15)24(28,29)30)21(14-5-9-17(25)10-6-14)31-23(33)36-18-11-12-19(26)20(27)13-18/h3-13H,1-2H3. The summed E-state index contributed by atoms with van der Waals surface area (Å²) in [7, 11) is -1.50. The molecule has 3 aromatic carbocycles. The van der Waals surface area contributed by atoms with E-state index in [1.807, 2.05) is 0 Å². The lowest BCUT2D eigenvalue weighted by Crippen LogP contribution is -2.30. The summed E-state index contributed by atoms with van der Waals surface area (Å²) < 4.78 is 68.8. The van der Waals surface area contributed by atoms with Crippen LogP contribution in [0.2, 0.25) is 15.1 Å². The van der Waals surface area contributed by atoms with Crippen LogP contribution in [-0.4, -0.2) is 35.8 Å². The van der Waals surface area contributed by atoms with Gasteiger partial charge in [0, 0.05) is 35.1 Å². The molecule has 0 amide bonds. The first-order chi connectivity index (χ1) is 17.3. The number of hydrogen-bond donors (Lipinski definition) is 0. The molecule has 37 heavy (non-hydrogen) atoms. The van der Waals surface area contributed by atoms with E-state index in [1.165, 1.54) is 26.2 Å². The predicted octanol–water partition coefficient (Wildman–Crippen LogP) is 8.00. The zero-order chi connectivity index (χ0) is 27.1. The molecule has 4 aromatic rings. The minimum absolute atomic E-state index is 0.0481. The third kappa shape index (κ3) is 5.79. The number of hydrogen-bond acceptors (Lipinski definition) is 4. The van der Waals surface area contributed by atoms with Crippen molar-refractivity contribution < 1.29 is 21.6 Å². The van der Waals surface area contributed by atoms with Gasteiger partial charge in [0.1, 0.15) is 0 Å². The van der Waals surface area contributed by atoms with Crippen LogP contribution >= 0.6 is 46.6 Å². The molecule has 194 valence electrons. The summed E-state index contributed by atoms with van der Waals surface area (Å²) in [6, 6.07) is 15.5. The van der Waals surface area contributed by atoms with Gasteiger partial charge in [-0.1, -0.05) is 70.8 Å². The van der Waals surface area contributed by atoms with E-state index in [9.17, 15) is 21.6 Å². The molecule has 0 atom stereocenters. The maximum Gasteiger partial charge on any atom is 0.416 e. The molecule has 0 aliphatic rings. The first-order valence-electron chi connectivity index (χ1n) is 10.4. The average Bonchev–Trinajstić information content (AvgIpc) is 3.21. The number of alkyl halides is 3. The normalized spacial score (nSPS) is 12.4. The van der Waals surface area contributed by atoms with Crippen LogP contribution < -0.4 is 0 Å². The summed E-state index contributed by atoms with van der Waals surface area (Å²) in [5.74, 6) is 0. The molecule has 0 bridgehead atoms. The van der Waals surface area contributed by atoms with Gasteiger partial charge < -0.3 is 0 Å². The SMILES string of the molecule is CN(C)S(=O)(=O)n1c(Sc2ccc(Cl)c(Cl)c2)nc(-c2ccc(Cl)cc2)c1-c1ccc(C(F)(F)F)cc1. The van der Waals surface area contributed by atoms with Gasteiger partial charge in [-0.25, -0.2) is 4.98 Å². The number of rotatable bonds is 6. The van der Waals surface area contributed by atoms with E-state index >= 15 is 0 Å². The van der Waals surface area contributed by atoms with Crippen molar-refractivity contribution in [3.63, 3.8) is 0 Å². The quantitative estimate of drug-likeness (QED) is 0.223. The van der Waals surface area contributed by atoms with E-state index in [0.29, 0.717) is 20.5 Å². The number of halogens is 6. The summed E-state index contributed by atoms with van der Waals surface area (Å²) in [6.45, 7) is 0. The summed E-state index contributed by atoms with van der Waals surface area (Å²) in [5.41, 5.74) is 0.202. The molecule has 5 nitrogen and oxygen atoms in total. The Morgan fingerprint density at radius 3 is 2.00 bits per heavy atom. The fourth-order valence-electron chi connectivity index (χ4n) is 3.35. The molecule has 0 aliphatic heterocycles. The summed E-state index contributed by atoms with van der Waals surface area (Å²) >= 11 is 19.2. The Bertz CT molecular complexity index is 1560. The van der Waals surface area contributed by atoms with Crippen molar-refractivity contribution in [1.29, 1.82) is 0 Å². The van der Waals surface area contributed by atoms with Crippen molar-refractivity contribution in [2.75, 3.05) is 14.1 Å². The van der Waals surface area contributed by atoms with E-state index in [-0.39, 0.29) is 27.1 Å². The first kappa shape index (κ1) is 27.8. The Morgan fingerprint density at radius 2 is 1.46 bits per heavy atom. The molecular formula is C24H17Cl3F3N3O2S2. The zero-order valence-electron chi connectivity index (χ0n) is 19.1. The largest absolute Gasteiger partial charge is 0.416 e. The van der Waals surface area contributed by atoms with Crippen LogP contribution in [0, 0.1) is 0 Å². The van der Waals surface area contributed by atoms with Gasteiger partial charge >= 0.3 is 16.4 Å². The molecule has 0 aliphatic carbocycles. The minimum Gasteiger partial charge on any atom is -0.221 e. The van der Waals surface area contributed by atoms with Gasteiger partial charge in [0.05, 0.1) is 27.0 Å². The predicted molar refractivity (Wildman–Crippen MR) is 142 cm³/mol.